The molecule has 4 aliphatic heterocycles. The molecule has 0 radical (unpaired) electrons. The van der Waals surface area contributed by atoms with Gasteiger partial charge in [0.2, 0.25) is 0 Å². The number of rotatable bonds is 12. The molecule has 0 N–H and O–H groups in total. The molecule has 9 heteroatoms. The number of hydrogen-bond acceptors (Lipinski definition) is 6. The summed E-state index contributed by atoms with van der Waals surface area (Å²) in [5.74, 6) is 3.51. The SMILES string of the molecule is BC12CCC(C)(CN(c3nc(CCC45CCCN4CCC5)nc4c(F)c(-c5cc(C)cc6ccc(F)c(C#C)c56)ncc34)C1)N2C(=C)CCCC(=C)CC(C)C. The minimum Gasteiger partial charge on any atom is -0.369 e. The molecule has 2 bridgehead atoms. The molecule has 2 atom stereocenters. The zero-order valence-electron chi connectivity index (χ0n) is 34.2. The van der Waals surface area contributed by atoms with Crippen molar-refractivity contribution in [2.45, 2.75) is 121 Å². The molecule has 2 unspecified atom stereocenters. The van der Waals surface area contributed by atoms with Gasteiger partial charge >= 0.3 is 0 Å². The number of hydrogen-bond donors (Lipinski definition) is 0. The van der Waals surface area contributed by atoms with Gasteiger partial charge in [0, 0.05) is 53.3 Å². The number of terminal acetylenes is 1. The first-order chi connectivity index (χ1) is 26.7. The van der Waals surface area contributed by atoms with Crippen LogP contribution >= 0.6 is 0 Å². The first kappa shape index (κ1) is 38.6. The van der Waals surface area contributed by atoms with Crippen LogP contribution in [0.25, 0.3) is 32.9 Å². The van der Waals surface area contributed by atoms with E-state index in [4.69, 9.17) is 21.4 Å². The van der Waals surface area contributed by atoms with Crippen LogP contribution in [-0.4, -0.2) is 75.3 Å². The van der Waals surface area contributed by atoms with Crippen molar-refractivity contribution in [3.8, 4) is 23.6 Å². The monoisotopic (exact) mass is 754 g/mol. The maximum atomic E-state index is 17.4. The Labute approximate surface area is 333 Å². The first-order valence-corrected chi connectivity index (χ1v) is 20.9. The topological polar surface area (TPSA) is 48.4 Å². The molecule has 6 nitrogen and oxygen atoms in total. The van der Waals surface area contributed by atoms with Crippen molar-refractivity contribution < 1.29 is 8.78 Å². The van der Waals surface area contributed by atoms with E-state index in [2.05, 4.69) is 62.4 Å². The molecule has 4 fully saturated rings. The number of aromatic nitrogens is 3. The van der Waals surface area contributed by atoms with Crippen molar-refractivity contribution in [2.24, 2.45) is 5.92 Å². The van der Waals surface area contributed by atoms with Crippen molar-refractivity contribution in [1.29, 1.82) is 0 Å². The second-order valence-corrected chi connectivity index (χ2v) is 18.5. The van der Waals surface area contributed by atoms with E-state index < -0.39 is 11.6 Å². The zero-order valence-corrected chi connectivity index (χ0v) is 34.2. The van der Waals surface area contributed by atoms with Crippen molar-refractivity contribution in [1.82, 2.24) is 24.8 Å². The van der Waals surface area contributed by atoms with E-state index >= 15 is 8.78 Å². The van der Waals surface area contributed by atoms with E-state index in [-0.39, 0.29) is 33.3 Å². The van der Waals surface area contributed by atoms with Crippen LogP contribution in [0.3, 0.4) is 0 Å². The van der Waals surface area contributed by atoms with Crippen LogP contribution in [0.4, 0.5) is 14.6 Å². The summed E-state index contributed by atoms with van der Waals surface area (Å²) in [6.45, 7) is 21.6. The molecule has 4 saturated heterocycles. The van der Waals surface area contributed by atoms with E-state index in [1.165, 1.54) is 43.0 Å². The highest BCUT2D eigenvalue weighted by molar-refractivity contribution is 6.16. The van der Waals surface area contributed by atoms with Crippen LogP contribution in [0.5, 0.6) is 0 Å². The lowest BCUT2D eigenvalue weighted by molar-refractivity contribution is 0.111. The van der Waals surface area contributed by atoms with Gasteiger partial charge < -0.3 is 9.80 Å². The summed E-state index contributed by atoms with van der Waals surface area (Å²) in [4.78, 5) is 22.8. The Hall–Kier alpha value is -4.29. The quantitative estimate of drug-likeness (QED) is 0.0817. The van der Waals surface area contributed by atoms with Crippen molar-refractivity contribution in [3.63, 3.8) is 0 Å². The van der Waals surface area contributed by atoms with E-state index in [0.29, 0.717) is 34.5 Å². The fraction of sp³-hybridized carbons (Fsp3) is 0.511. The third-order valence-electron chi connectivity index (χ3n) is 13.6. The number of pyridine rings is 1. The van der Waals surface area contributed by atoms with Gasteiger partial charge in [-0.3, -0.25) is 9.88 Å². The lowest BCUT2D eigenvalue weighted by Crippen LogP contribution is -2.66. The third kappa shape index (κ3) is 6.70. The van der Waals surface area contributed by atoms with Gasteiger partial charge in [0.05, 0.1) is 16.5 Å². The van der Waals surface area contributed by atoms with Gasteiger partial charge in [-0.1, -0.05) is 50.6 Å². The number of nitrogens with zero attached hydrogens (tertiary/aromatic N) is 6. The highest BCUT2D eigenvalue weighted by Crippen LogP contribution is 2.49. The number of halogens is 2. The average molecular weight is 755 g/mol. The predicted molar refractivity (Wildman–Crippen MR) is 229 cm³/mol. The molecule has 2 aromatic carbocycles. The number of benzene rings is 2. The Kier molecular flexibility index (Phi) is 10.0. The number of piperazine rings is 1. The van der Waals surface area contributed by atoms with Gasteiger partial charge in [0.25, 0.3) is 0 Å². The molecule has 0 saturated carbocycles. The van der Waals surface area contributed by atoms with Crippen LogP contribution in [0.2, 0.25) is 0 Å². The summed E-state index contributed by atoms with van der Waals surface area (Å²) in [7, 11) is 2.35. The van der Waals surface area contributed by atoms with Crippen molar-refractivity contribution >= 4 is 35.3 Å². The standard InChI is InChI=1S/C47H57BF2N6/c1-8-35-38(49)15-14-34-25-32(5)26-36(40(34)35)42-41(50)43-37(27-51-42)44(53-39(52-43)16-19-46-17-10-22-55(46)23-11-18-46)54-28-45(7)20-21-47(48,29-54)56(45)33(6)13-9-12-31(4)24-30(2)3/h1,14-15,25-27,30H,4,6,9-13,16-24,28-29,48H2,2-3,5,7H3. The van der Waals surface area contributed by atoms with Gasteiger partial charge in [-0.2, -0.15) is 0 Å². The third-order valence-corrected chi connectivity index (χ3v) is 13.6. The molecule has 4 aromatic rings. The van der Waals surface area contributed by atoms with E-state index in [1.54, 1.807) is 12.3 Å². The lowest BCUT2D eigenvalue weighted by atomic mass is 9.73. The summed E-state index contributed by atoms with van der Waals surface area (Å²) in [5, 5.41) is 1.82. The minimum atomic E-state index is -0.528. The molecule has 292 valence electrons. The normalized spacial score (nSPS) is 23.0. The summed E-state index contributed by atoms with van der Waals surface area (Å²) < 4.78 is 32.5. The van der Waals surface area contributed by atoms with Gasteiger partial charge in [0.15, 0.2) is 5.82 Å². The molecule has 4 aliphatic rings. The fourth-order valence-electron chi connectivity index (χ4n) is 11.4. The number of anilines is 1. The van der Waals surface area contributed by atoms with Crippen LogP contribution in [0.15, 0.2) is 54.9 Å². The van der Waals surface area contributed by atoms with E-state index in [0.717, 1.165) is 87.9 Å². The van der Waals surface area contributed by atoms with Crippen molar-refractivity contribution in [2.75, 3.05) is 31.1 Å². The molecule has 0 aliphatic carbocycles. The molecule has 0 spiro atoms. The number of aryl methyl sites for hydroxylation is 2. The predicted octanol–water partition coefficient (Wildman–Crippen LogP) is 9.26. The van der Waals surface area contributed by atoms with E-state index in [9.17, 15) is 0 Å². The highest BCUT2D eigenvalue weighted by atomic mass is 19.1. The van der Waals surface area contributed by atoms with Gasteiger partial charge in [-0.05, 0) is 127 Å². The molecular weight excluding hydrogens is 697 g/mol. The Morgan fingerprint density at radius 2 is 1.80 bits per heavy atom. The molecule has 8 rings (SSSR count). The van der Waals surface area contributed by atoms with Crippen molar-refractivity contribution in [3.05, 3.63) is 83.5 Å². The van der Waals surface area contributed by atoms with Crippen LogP contribution in [0.1, 0.15) is 108 Å². The largest absolute Gasteiger partial charge is 0.369 e. The number of allylic oxidation sites excluding steroid dienone is 2. The summed E-state index contributed by atoms with van der Waals surface area (Å²) >= 11 is 0. The molecular formula is C47H57BF2N6. The summed E-state index contributed by atoms with van der Waals surface area (Å²) in [6.07, 6.45) is 20.2. The Bertz CT molecular complexity index is 2250. The summed E-state index contributed by atoms with van der Waals surface area (Å²) in [6, 6.07) is 6.86. The van der Waals surface area contributed by atoms with Crippen LogP contribution in [-0.2, 0) is 6.42 Å². The van der Waals surface area contributed by atoms with Gasteiger partial charge in [0.1, 0.15) is 36.5 Å². The zero-order chi connectivity index (χ0) is 39.6. The molecule has 56 heavy (non-hydrogen) atoms. The smallest absolute Gasteiger partial charge is 0.175 e. The van der Waals surface area contributed by atoms with Gasteiger partial charge in [-0.15, -0.1) is 6.42 Å². The van der Waals surface area contributed by atoms with Crippen LogP contribution in [0, 0.1) is 36.8 Å². The first-order valence-electron chi connectivity index (χ1n) is 20.9. The highest BCUT2D eigenvalue weighted by Gasteiger charge is 2.55. The second kappa shape index (κ2) is 14.6. The second-order valence-electron chi connectivity index (χ2n) is 18.5. The minimum absolute atomic E-state index is 0.108. The fourth-order valence-corrected chi connectivity index (χ4v) is 11.4. The Balaban J connectivity index is 1.19. The maximum Gasteiger partial charge on any atom is 0.175 e. The molecule has 6 heterocycles. The summed E-state index contributed by atoms with van der Waals surface area (Å²) in [5.41, 5.74) is 4.24. The Morgan fingerprint density at radius 1 is 1.04 bits per heavy atom. The van der Waals surface area contributed by atoms with Crippen LogP contribution < -0.4 is 4.90 Å². The Morgan fingerprint density at radius 3 is 2.52 bits per heavy atom. The lowest BCUT2D eigenvalue weighted by Gasteiger charge is -2.55. The molecule has 2 aromatic heterocycles. The maximum absolute atomic E-state index is 17.4. The molecule has 0 amide bonds. The van der Waals surface area contributed by atoms with Gasteiger partial charge in [-0.25, -0.2) is 18.7 Å². The number of fused-ring (bicyclic) bond motifs is 5. The van der Waals surface area contributed by atoms with E-state index in [1.807, 2.05) is 19.1 Å². The average Bonchev–Trinajstić information content (AvgIpc) is 3.78.